The zero-order valence-corrected chi connectivity index (χ0v) is 16.9. The third kappa shape index (κ3) is 4.38. The molecular weight excluding hydrogens is 412 g/mol. The summed E-state index contributed by atoms with van der Waals surface area (Å²) < 4.78 is 0.761. The zero-order valence-electron chi connectivity index (χ0n) is 14.4. The SMILES string of the molecule is O=C(Nc1nnc(SCc2cccs2)s1)c1ccc(-c2ccccc2)[nH]c1=O. The lowest BCUT2D eigenvalue weighted by Crippen LogP contribution is -2.23. The van der Waals surface area contributed by atoms with Gasteiger partial charge < -0.3 is 4.98 Å². The van der Waals surface area contributed by atoms with Crippen molar-refractivity contribution in [2.75, 3.05) is 5.32 Å². The van der Waals surface area contributed by atoms with E-state index in [1.165, 1.54) is 22.3 Å². The van der Waals surface area contributed by atoms with Crippen molar-refractivity contribution in [3.8, 4) is 11.3 Å². The second kappa shape index (κ2) is 8.51. The minimum atomic E-state index is -0.508. The number of benzene rings is 1. The molecule has 1 aromatic carbocycles. The van der Waals surface area contributed by atoms with Gasteiger partial charge in [0.2, 0.25) is 5.13 Å². The molecule has 1 amide bonds. The summed E-state index contributed by atoms with van der Waals surface area (Å²) in [7, 11) is 0. The van der Waals surface area contributed by atoms with Gasteiger partial charge in [-0.05, 0) is 29.1 Å². The molecule has 0 saturated carbocycles. The number of carbonyl (C=O) groups is 1. The van der Waals surface area contributed by atoms with Crippen molar-refractivity contribution in [1.29, 1.82) is 0 Å². The molecule has 0 fully saturated rings. The minimum absolute atomic E-state index is 0.0302. The van der Waals surface area contributed by atoms with Gasteiger partial charge in [0.1, 0.15) is 5.56 Å². The van der Waals surface area contributed by atoms with Gasteiger partial charge in [0, 0.05) is 16.3 Å². The van der Waals surface area contributed by atoms with Gasteiger partial charge in [-0.3, -0.25) is 14.9 Å². The smallest absolute Gasteiger partial charge is 0.263 e. The molecule has 3 aromatic heterocycles. The number of amides is 1. The number of nitrogens with one attached hydrogen (secondary N) is 2. The molecule has 0 saturated heterocycles. The first-order valence-corrected chi connectivity index (χ1v) is 11.0. The number of H-pyrrole nitrogens is 1. The standard InChI is InChI=1S/C19H14N4O2S3/c24-16-14(8-9-15(20-16)12-5-2-1-3-6-12)17(25)21-18-22-23-19(28-18)27-11-13-7-4-10-26-13/h1-10H,11H2,(H,20,24)(H,21,22,25). The first-order valence-electron chi connectivity index (χ1n) is 8.28. The maximum Gasteiger partial charge on any atom is 0.263 e. The van der Waals surface area contributed by atoms with E-state index in [1.807, 2.05) is 41.8 Å². The van der Waals surface area contributed by atoms with E-state index in [4.69, 9.17) is 0 Å². The summed E-state index contributed by atoms with van der Waals surface area (Å²) in [6.45, 7) is 0. The largest absolute Gasteiger partial charge is 0.321 e. The predicted octanol–water partition coefficient (Wildman–Crippen LogP) is 4.50. The van der Waals surface area contributed by atoms with Gasteiger partial charge in [0.05, 0.1) is 0 Å². The number of carbonyl (C=O) groups excluding carboxylic acids is 1. The molecule has 0 bridgehead atoms. The maximum atomic E-state index is 12.4. The highest BCUT2D eigenvalue weighted by molar-refractivity contribution is 8.00. The Bertz CT molecular complexity index is 1140. The van der Waals surface area contributed by atoms with Gasteiger partial charge in [0.15, 0.2) is 4.34 Å². The van der Waals surface area contributed by atoms with Gasteiger partial charge >= 0.3 is 0 Å². The van der Waals surface area contributed by atoms with Crippen LogP contribution in [0.5, 0.6) is 0 Å². The Labute approximate surface area is 172 Å². The molecule has 0 aliphatic carbocycles. The molecule has 0 atom stereocenters. The molecular formula is C19H14N4O2S3. The summed E-state index contributed by atoms with van der Waals surface area (Å²) in [5.41, 5.74) is 1.12. The quantitative estimate of drug-likeness (QED) is 0.350. The molecule has 0 radical (unpaired) electrons. The normalized spacial score (nSPS) is 10.7. The van der Waals surface area contributed by atoms with Crippen LogP contribution in [0.25, 0.3) is 11.3 Å². The van der Waals surface area contributed by atoms with Crippen LogP contribution in [0.15, 0.2) is 69.1 Å². The van der Waals surface area contributed by atoms with Crippen LogP contribution >= 0.6 is 34.4 Å². The van der Waals surface area contributed by atoms with E-state index in [0.29, 0.717) is 10.8 Å². The Hall–Kier alpha value is -2.75. The van der Waals surface area contributed by atoms with E-state index in [9.17, 15) is 9.59 Å². The van der Waals surface area contributed by atoms with Crippen LogP contribution in [-0.4, -0.2) is 21.1 Å². The monoisotopic (exact) mass is 426 g/mol. The number of anilines is 1. The Morgan fingerprint density at radius 1 is 1.07 bits per heavy atom. The van der Waals surface area contributed by atoms with E-state index in [1.54, 1.807) is 29.2 Å². The lowest BCUT2D eigenvalue weighted by Gasteiger charge is -2.04. The van der Waals surface area contributed by atoms with Crippen molar-refractivity contribution in [1.82, 2.24) is 15.2 Å². The average molecular weight is 427 g/mol. The van der Waals surface area contributed by atoms with Gasteiger partial charge in [-0.25, -0.2) is 0 Å². The molecule has 9 heteroatoms. The van der Waals surface area contributed by atoms with Crippen LogP contribution in [0.3, 0.4) is 0 Å². The molecule has 0 spiro atoms. The summed E-state index contributed by atoms with van der Waals surface area (Å²) in [5, 5.41) is 13.1. The molecule has 4 aromatic rings. The first-order chi connectivity index (χ1) is 13.7. The van der Waals surface area contributed by atoms with Crippen molar-refractivity contribution in [3.05, 3.63) is 80.8 Å². The molecule has 0 aliphatic rings. The number of hydrogen-bond acceptors (Lipinski definition) is 7. The van der Waals surface area contributed by atoms with Crippen molar-refractivity contribution in [3.63, 3.8) is 0 Å². The minimum Gasteiger partial charge on any atom is -0.321 e. The van der Waals surface area contributed by atoms with Crippen molar-refractivity contribution in [2.45, 2.75) is 10.1 Å². The van der Waals surface area contributed by atoms with Gasteiger partial charge in [-0.15, -0.1) is 21.5 Å². The maximum absolute atomic E-state index is 12.4. The van der Waals surface area contributed by atoms with E-state index < -0.39 is 11.5 Å². The van der Waals surface area contributed by atoms with Crippen LogP contribution in [0.1, 0.15) is 15.2 Å². The number of pyridine rings is 1. The zero-order chi connectivity index (χ0) is 19.3. The van der Waals surface area contributed by atoms with Gasteiger partial charge in [-0.2, -0.15) is 0 Å². The van der Waals surface area contributed by atoms with Crippen molar-refractivity contribution >= 4 is 45.5 Å². The molecule has 3 heterocycles. The van der Waals surface area contributed by atoms with E-state index >= 15 is 0 Å². The molecule has 6 nitrogen and oxygen atoms in total. The van der Waals surface area contributed by atoms with Crippen LogP contribution in [0.4, 0.5) is 5.13 Å². The number of nitrogens with zero attached hydrogens (tertiary/aromatic N) is 2. The highest BCUT2D eigenvalue weighted by atomic mass is 32.2. The molecule has 4 rings (SSSR count). The fourth-order valence-corrected chi connectivity index (χ4v) is 4.97. The molecule has 140 valence electrons. The number of thioether (sulfide) groups is 1. The van der Waals surface area contributed by atoms with Crippen LogP contribution in [0, 0.1) is 0 Å². The number of aromatic nitrogens is 3. The summed E-state index contributed by atoms with van der Waals surface area (Å²) in [4.78, 5) is 28.8. The lowest BCUT2D eigenvalue weighted by atomic mass is 10.1. The van der Waals surface area contributed by atoms with E-state index in [2.05, 4.69) is 26.6 Å². The van der Waals surface area contributed by atoms with E-state index in [-0.39, 0.29) is 5.56 Å². The second-order valence-corrected chi connectivity index (χ2v) is 8.91. The molecule has 0 unspecified atom stereocenters. The highest BCUT2D eigenvalue weighted by Crippen LogP contribution is 2.29. The number of rotatable bonds is 6. The lowest BCUT2D eigenvalue weighted by molar-refractivity contribution is 0.102. The van der Waals surface area contributed by atoms with Crippen molar-refractivity contribution in [2.24, 2.45) is 0 Å². The summed E-state index contributed by atoms with van der Waals surface area (Å²) in [5.74, 6) is 0.299. The average Bonchev–Trinajstić information content (AvgIpc) is 3.39. The number of thiophene rings is 1. The van der Waals surface area contributed by atoms with E-state index in [0.717, 1.165) is 15.7 Å². The van der Waals surface area contributed by atoms with Crippen LogP contribution in [0.2, 0.25) is 0 Å². The van der Waals surface area contributed by atoms with Crippen molar-refractivity contribution < 1.29 is 4.79 Å². The van der Waals surface area contributed by atoms with Gasteiger partial charge in [0.25, 0.3) is 11.5 Å². The number of aromatic amines is 1. The van der Waals surface area contributed by atoms with Gasteiger partial charge in [-0.1, -0.05) is 59.5 Å². The Kier molecular flexibility index (Phi) is 5.65. The molecule has 28 heavy (non-hydrogen) atoms. The summed E-state index contributed by atoms with van der Waals surface area (Å²) in [6, 6.07) is 16.8. The fourth-order valence-electron chi connectivity index (χ4n) is 2.45. The molecule has 0 aliphatic heterocycles. The Morgan fingerprint density at radius 2 is 1.93 bits per heavy atom. The Balaban J connectivity index is 1.43. The summed E-state index contributed by atoms with van der Waals surface area (Å²) >= 11 is 4.53. The first kappa shape index (κ1) is 18.6. The van der Waals surface area contributed by atoms with Crippen LogP contribution in [-0.2, 0) is 5.75 Å². The van der Waals surface area contributed by atoms with Crippen LogP contribution < -0.4 is 10.9 Å². The number of hydrogen-bond donors (Lipinski definition) is 2. The third-order valence-electron chi connectivity index (χ3n) is 3.78. The molecule has 2 N–H and O–H groups in total. The predicted molar refractivity (Wildman–Crippen MR) is 114 cm³/mol. The summed E-state index contributed by atoms with van der Waals surface area (Å²) in [6.07, 6.45) is 0. The second-order valence-electron chi connectivity index (χ2n) is 5.68. The third-order valence-corrected chi connectivity index (χ3v) is 6.86. The topological polar surface area (TPSA) is 87.7 Å². The fraction of sp³-hybridized carbons (Fsp3) is 0.0526. The highest BCUT2D eigenvalue weighted by Gasteiger charge is 2.14. The Morgan fingerprint density at radius 3 is 2.68 bits per heavy atom.